The number of hydrogen-bond acceptors (Lipinski definition) is 6. The zero-order valence-electron chi connectivity index (χ0n) is 15.2. The highest BCUT2D eigenvalue weighted by atomic mass is 16.5. The standard InChI is InChI=1S/C18H24N6O2/c1-12-21-22-23-24(12)15-9-14(6-7-16(15)26-2)20-17(25)18-8-4-3-5-13(18)10-19-11-18/h6-7,9,13,19H,3-5,8,10-11H2,1-2H3,(H,20,25)/t13-,18+/m0/s1. The van der Waals surface area contributed by atoms with Crippen LogP contribution in [0.15, 0.2) is 18.2 Å². The fourth-order valence-corrected chi connectivity index (χ4v) is 4.33. The largest absolute Gasteiger partial charge is 0.494 e. The molecule has 2 atom stereocenters. The second-order valence-electron chi connectivity index (χ2n) is 7.21. The van der Waals surface area contributed by atoms with Crippen molar-refractivity contribution in [3.8, 4) is 11.4 Å². The molecule has 2 fully saturated rings. The highest BCUT2D eigenvalue weighted by Gasteiger charge is 2.49. The van der Waals surface area contributed by atoms with Crippen LogP contribution in [0.3, 0.4) is 0 Å². The van der Waals surface area contributed by atoms with Crippen molar-refractivity contribution in [3.63, 3.8) is 0 Å². The maximum Gasteiger partial charge on any atom is 0.232 e. The molecule has 0 spiro atoms. The minimum absolute atomic E-state index is 0.108. The van der Waals surface area contributed by atoms with Gasteiger partial charge < -0.3 is 15.4 Å². The molecule has 1 amide bonds. The molecular formula is C18H24N6O2. The lowest BCUT2D eigenvalue weighted by atomic mass is 9.67. The SMILES string of the molecule is COc1ccc(NC(=O)[C@@]23CCCC[C@H]2CNC3)cc1-n1nnnc1C. The van der Waals surface area contributed by atoms with E-state index < -0.39 is 0 Å². The van der Waals surface area contributed by atoms with Crippen molar-refractivity contribution >= 4 is 11.6 Å². The van der Waals surface area contributed by atoms with Gasteiger partial charge in [-0.1, -0.05) is 12.8 Å². The van der Waals surface area contributed by atoms with E-state index in [0.29, 0.717) is 23.2 Å². The summed E-state index contributed by atoms with van der Waals surface area (Å²) in [4.78, 5) is 13.2. The van der Waals surface area contributed by atoms with E-state index in [2.05, 4.69) is 26.2 Å². The molecule has 1 saturated carbocycles. The number of rotatable bonds is 4. The summed E-state index contributed by atoms with van der Waals surface area (Å²) < 4.78 is 7.03. The minimum atomic E-state index is -0.289. The highest BCUT2D eigenvalue weighted by molar-refractivity contribution is 5.96. The third-order valence-corrected chi connectivity index (χ3v) is 5.78. The molecule has 1 saturated heterocycles. The van der Waals surface area contributed by atoms with E-state index in [9.17, 15) is 4.79 Å². The van der Waals surface area contributed by atoms with Gasteiger partial charge in [-0.05, 0) is 60.9 Å². The second kappa shape index (κ2) is 6.68. The lowest BCUT2D eigenvalue weighted by Gasteiger charge is -2.37. The number of benzene rings is 1. The summed E-state index contributed by atoms with van der Waals surface area (Å²) in [5, 5.41) is 18.2. The van der Waals surface area contributed by atoms with Crippen molar-refractivity contribution in [1.82, 2.24) is 25.5 Å². The number of fused-ring (bicyclic) bond motifs is 1. The fourth-order valence-electron chi connectivity index (χ4n) is 4.33. The fraction of sp³-hybridized carbons (Fsp3) is 0.556. The first-order valence-corrected chi connectivity index (χ1v) is 9.09. The molecule has 1 aromatic heterocycles. The van der Waals surface area contributed by atoms with Gasteiger partial charge >= 0.3 is 0 Å². The van der Waals surface area contributed by atoms with Gasteiger partial charge in [-0.25, -0.2) is 0 Å². The first-order valence-electron chi connectivity index (χ1n) is 9.09. The van der Waals surface area contributed by atoms with Crippen LogP contribution < -0.4 is 15.4 Å². The van der Waals surface area contributed by atoms with E-state index in [1.165, 1.54) is 6.42 Å². The molecular weight excluding hydrogens is 332 g/mol. The monoisotopic (exact) mass is 356 g/mol. The average Bonchev–Trinajstić information content (AvgIpc) is 3.28. The number of nitrogens with one attached hydrogen (secondary N) is 2. The van der Waals surface area contributed by atoms with E-state index in [1.807, 2.05) is 25.1 Å². The predicted octanol–water partition coefficient (Wildman–Crippen LogP) is 1.70. The maximum atomic E-state index is 13.2. The molecule has 8 heteroatoms. The number of hydrogen-bond donors (Lipinski definition) is 2. The molecule has 4 rings (SSSR count). The highest BCUT2D eigenvalue weighted by Crippen LogP contribution is 2.44. The minimum Gasteiger partial charge on any atom is -0.494 e. The average molecular weight is 356 g/mol. The van der Waals surface area contributed by atoms with Gasteiger partial charge in [-0.3, -0.25) is 4.79 Å². The summed E-state index contributed by atoms with van der Waals surface area (Å²) in [7, 11) is 1.60. The zero-order chi connectivity index (χ0) is 18.1. The van der Waals surface area contributed by atoms with Gasteiger partial charge in [0.2, 0.25) is 5.91 Å². The van der Waals surface area contributed by atoms with Crippen molar-refractivity contribution in [2.45, 2.75) is 32.6 Å². The van der Waals surface area contributed by atoms with Crippen LogP contribution >= 0.6 is 0 Å². The Morgan fingerprint density at radius 1 is 1.42 bits per heavy atom. The quantitative estimate of drug-likeness (QED) is 0.866. The zero-order valence-corrected chi connectivity index (χ0v) is 15.2. The van der Waals surface area contributed by atoms with Crippen molar-refractivity contribution < 1.29 is 9.53 Å². The number of aryl methyl sites for hydroxylation is 1. The molecule has 138 valence electrons. The molecule has 2 heterocycles. The van der Waals surface area contributed by atoms with Gasteiger partial charge in [0.15, 0.2) is 5.82 Å². The van der Waals surface area contributed by atoms with Crippen molar-refractivity contribution in [2.75, 3.05) is 25.5 Å². The molecule has 1 aromatic carbocycles. The number of ether oxygens (including phenoxy) is 1. The molecule has 0 unspecified atom stereocenters. The number of anilines is 1. The topological polar surface area (TPSA) is 94.0 Å². The van der Waals surface area contributed by atoms with Gasteiger partial charge in [0.05, 0.1) is 12.5 Å². The lowest BCUT2D eigenvalue weighted by molar-refractivity contribution is -0.128. The number of carbonyl (C=O) groups is 1. The van der Waals surface area contributed by atoms with E-state index in [0.717, 1.165) is 38.0 Å². The Hall–Kier alpha value is -2.48. The number of amides is 1. The van der Waals surface area contributed by atoms with Crippen molar-refractivity contribution in [2.24, 2.45) is 11.3 Å². The van der Waals surface area contributed by atoms with Crippen molar-refractivity contribution in [3.05, 3.63) is 24.0 Å². The summed E-state index contributed by atoms with van der Waals surface area (Å²) in [5.41, 5.74) is 1.14. The molecule has 1 aliphatic carbocycles. The van der Waals surface area contributed by atoms with Crippen LogP contribution in [0.4, 0.5) is 5.69 Å². The Balaban J connectivity index is 1.62. The summed E-state index contributed by atoms with van der Waals surface area (Å²) in [6, 6.07) is 5.54. The Morgan fingerprint density at radius 3 is 3.08 bits per heavy atom. The Kier molecular flexibility index (Phi) is 4.36. The predicted molar refractivity (Wildman–Crippen MR) is 96.3 cm³/mol. The van der Waals surface area contributed by atoms with E-state index in [1.54, 1.807) is 11.8 Å². The summed E-state index contributed by atoms with van der Waals surface area (Å²) in [6.07, 6.45) is 4.40. The molecule has 2 aromatic rings. The normalized spacial score (nSPS) is 24.9. The van der Waals surface area contributed by atoms with Crippen molar-refractivity contribution in [1.29, 1.82) is 0 Å². The van der Waals surface area contributed by atoms with Gasteiger partial charge in [-0.15, -0.1) is 5.10 Å². The van der Waals surface area contributed by atoms with Crippen LogP contribution in [0.2, 0.25) is 0 Å². The third-order valence-electron chi connectivity index (χ3n) is 5.78. The van der Waals surface area contributed by atoms with Crippen LogP contribution in [0.5, 0.6) is 5.75 Å². The second-order valence-corrected chi connectivity index (χ2v) is 7.21. The van der Waals surface area contributed by atoms with E-state index in [-0.39, 0.29) is 11.3 Å². The summed E-state index contributed by atoms with van der Waals surface area (Å²) in [5.74, 6) is 1.83. The van der Waals surface area contributed by atoms with Crippen LogP contribution in [-0.2, 0) is 4.79 Å². The Labute approximate surface area is 152 Å². The van der Waals surface area contributed by atoms with E-state index >= 15 is 0 Å². The van der Waals surface area contributed by atoms with E-state index in [4.69, 9.17) is 4.74 Å². The Bertz CT molecular complexity index is 820. The molecule has 1 aliphatic heterocycles. The number of nitrogens with zero attached hydrogens (tertiary/aromatic N) is 4. The lowest BCUT2D eigenvalue weighted by Crippen LogP contribution is -2.44. The molecule has 0 bridgehead atoms. The van der Waals surface area contributed by atoms with Crippen LogP contribution in [0.25, 0.3) is 5.69 Å². The number of aromatic nitrogens is 4. The van der Waals surface area contributed by atoms with Crippen LogP contribution in [0, 0.1) is 18.3 Å². The number of tetrazole rings is 1. The van der Waals surface area contributed by atoms with Gasteiger partial charge in [0.25, 0.3) is 0 Å². The van der Waals surface area contributed by atoms with Gasteiger partial charge in [-0.2, -0.15) is 4.68 Å². The smallest absolute Gasteiger partial charge is 0.232 e. The molecule has 2 aliphatic rings. The van der Waals surface area contributed by atoms with Crippen LogP contribution in [-0.4, -0.2) is 46.3 Å². The van der Waals surface area contributed by atoms with Gasteiger partial charge in [0, 0.05) is 12.2 Å². The first-order chi connectivity index (χ1) is 12.6. The molecule has 2 N–H and O–H groups in total. The Morgan fingerprint density at radius 2 is 2.31 bits per heavy atom. The summed E-state index contributed by atoms with van der Waals surface area (Å²) >= 11 is 0. The van der Waals surface area contributed by atoms with Crippen LogP contribution in [0.1, 0.15) is 31.5 Å². The molecule has 0 radical (unpaired) electrons. The first kappa shape index (κ1) is 17.0. The maximum absolute atomic E-state index is 13.2. The summed E-state index contributed by atoms with van der Waals surface area (Å²) in [6.45, 7) is 3.52. The molecule has 8 nitrogen and oxygen atoms in total. The van der Waals surface area contributed by atoms with Gasteiger partial charge in [0.1, 0.15) is 11.4 Å². The number of carbonyl (C=O) groups excluding carboxylic acids is 1. The molecule has 26 heavy (non-hydrogen) atoms. The third kappa shape index (κ3) is 2.74. The number of methoxy groups -OCH3 is 1.